The van der Waals surface area contributed by atoms with E-state index in [0.717, 1.165) is 18.3 Å². The Kier molecular flexibility index (Phi) is 4.88. The van der Waals surface area contributed by atoms with Crippen molar-refractivity contribution in [3.8, 4) is 0 Å². The summed E-state index contributed by atoms with van der Waals surface area (Å²) in [6, 6.07) is 10.1. The molecule has 2 atom stereocenters. The first-order valence-corrected chi connectivity index (χ1v) is 9.92. The number of hydrogen-bond donors (Lipinski definition) is 0. The standard InChI is InChI=1S/C15H24O2Si/c1-6-15(2,12-16)14(17-18(3,4)5)13-10-8-7-9-11-13/h7-12,14H,6H2,1-5H3/t14-,15-/m0/s1. The molecule has 100 valence electrons. The molecule has 1 aromatic rings. The van der Waals surface area contributed by atoms with E-state index >= 15 is 0 Å². The Balaban J connectivity index is 3.14. The second kappa shape index (κ2) is 5.80. The highest BCUT2D eigenvalue weighted by molar-refractivity contribution is 6.69. The first-order chi connectivity index (χ1) is 8.32. The topological polar surface area (TPSA) is 26.3 Å². The third-order valence-corrected chi connectivity index (χ3v) is 4.15. The van der Waals surface area contributed by atoms with E-state index in [1.807, 2.05) is 44.2 Å². The smallest absolute Gasteiger partial charge is 0.184 e. The van der Waals surface area contributed by atoms with E-state index in [0.29, 0.717) is 0 Å². The van der Waals surface area contributed by atoms with Crippen molar-refractivity contribution in [2.24, 2.45) is 5.41 Å². The molecule has 0 spiro atoms. The van der Waals surface area contributed by atoms with Crippen LogP contribution in [0.4, 0.5) is 0 Å². The van der Waals surface area contributed by atoms with Crippen molar-refractivity contribution < 1.29 is 9.22 Å². The minimum Gasteiger partial charge on any atom is -0.410 e. The first kappa shape index (κ1) is 15.1. The van der Waals surface area contributed by atoms with Gasteiger partial charge in [0.05, 0.1) is 11.5 Å². The SMILES string of the molecule is CC[C@@](C)(C=O)[C@@H](O[Si](C)(C)C)c1ccccc1. The van der Waals surface area contributed by atoms with Crippen LogP contribution in [0.1, 0.15) is 31.9 Å². The lowest BCUT2D eigenvalue weighted by Crippen LogP contribution is -2.37. The van der Waals surface area contributed by atoms with Crippen molar-refractivity contribution in [2.45, 2.75) is 46.0 Å². The maximum atomic E-state index is 11.5. The zero-order chi connectivity index (χ0) is 13.8. The summed E-state index contributed by atoms with van der Waals surface area (Å²) in [6.07, 6.45) is 1.68. The van der Waals surface area contributed by atoms with Crippen LogP contribution in [0.2, 0.25) is 19.6 Å². The predicted molar refractivity (Wildman–Crippen MR) is 78.1 cm³/mol. The zero-order valence-electron chi connectivity index (χ0n) is 12.1. The van der Waals surface area contributed by atoms with E-state index < -0.39 is 13.7 Å². The minimum atomic E-state index is -1.70. The average molecular weight is 264 g/mol. The monoisotopic (exact) mass is 264 g/mol. The largest absolute Gasteiger partial charge is 0.410 e. The van der Waals surface area contributed by atoms with Gasteiger partial charge in [-0.25, -0.2) is 0 Å². The fraction of sp³-hybridized carbons (Fsp3) is 0.533. The molecule has 0 amide bonds. The van der Waals surface area contributed by atoms with Crippen molar-refractivity contribution in [1.82, 2.24) is 0 Å². The molecule has 3 heteroatoms. The molecule has 0 saturated carbocycles. The van der Waals surface area contributed by atoms with Gasteiger partial charge < -0.3 is 9.22 Å². The fourth-order valence-electron chi connectivity index (χ4n) is 1.90. The molecule has 18 heavy (non-hydrogen) atoms. The quantitative estimate of drug-likeness (QED) is 0.569. The fourth-order valence-corrected chi connectivity index (χ4v) is 3.01. The van der Waals surface area contributed by atoms with E-state index in [9.17, 15) is 4.79 Å². The van der Waals surface area contributed by atoms with Crippen LogP contribution in [0.3, 0.4) is 0 Å². The Labute approximate surface area is 111 Å². The molecule has 0 unspecified atom stereocenters. The van der Waals surface area contributed by atoms with E-state index in [-0.39, 0.29) is 6.10 Å². The van der Waals surface area contributed by atoms with Crippen molar-refractivity contribution in [2.75, 3.05) is 0 Å². The van der Waals surface area contributed by atoms with Crippen molar-refractivity contribution in [3.05, 3.63) is 35.9 Å². The van der Waals surface area contributed by atoms with Gasteiger partial charge in [0.2, 0.25) is 0 Å². The van der Waals surface area contributed by atoms with Crippen LogP contribution in [0, 0.1) is 5.41 Å². The summed E-state index contributed by atoms with van der Waals surface area (Å²) >= 11 is 0. The van der Waals surface area contributed by atoms with Crippen LogP contribution >= 0.6 is 0 Å². The highest BCUT2D eigenvalue weighted by atomic mass is 28.4. The number of carbonyl (C=O) groups is 1. The van der Waals surface area contributed by atoms with Crippen molar-refractivity contribution in [3.63, 3.8) is 0 Å². The van der Waals surface area contributed by atoms with E-state index in [2.05, 4.69) is 19.6 Å². The van der Waals surface area contributed by atoms with Crippen molar-refractivity contribution >= 4 is 14.6 Å². The van der Waals surface area contributed by atoms with E-state index in [4.69, 9.17) is 4.43 Å². The Hall–Kier alpha value is -0.933. The molecular weight excluding hydrogens is 240 g/mol. The third kappa shape index (κ3) is 3.78. The second-order valence-corrected chi connectivity index (χ2v) is 10.5. The zero-order valence-corrected chi connectivity index (χ0v) is 13.1. The number of aldehydes is 1. The Morgan fingerprint density at radius 3 is 2.22 bits per heavy atom. The Bertz CT molecular complexity index is 383. The summed E-state index contributed by atoms with van der Waals surface area (Å²) in [4.78, 5) is 11.5. The first-order valence-electron chi connectivity index (χ1n) is 6.51. The molecule has 0 aliphatic carbocycles. The van der Waals surface area contributed by atoms with Crippen LogP contribution in [0.25, 0.3) is 0 Å². The van der Waals surface area contributed by atoms with Gasteiger partial charge in [-0.05, 0) is 31.6 Å². The van der Waals surface area contributed by atoms with Gasteiger partial charge in [0, 0.05) is 0 Å². The predicted octanol–water partition coefficient (Wildman–Crippen LogP) is 4.19. The third-order valence-electron chi connectivity index (χ3n) is 3.20. The van der Waals surface area contributed by atoms with Gasteiger partial charge in [-0.2, -0.15) is 0 Å². The van der Waals surface area contributed by atoms with Gasteiger partial charge in [-0.15, -0.1) is 0 Å². The maximum absolute atomic E-state index is 11.5. The molecule has 2 nitrogen and oxygen atoms in total. The summed E-state index contributed by atoms with van der Waals surface area (Å²) in [5, 5.41) is 0. The molecule has 0 heterocycles. The molecule has 0 aliphatic rings. The van der Waals surface area contributed by atoms with Gasteiger partial charge in [0.1, 0.15) is 6.29 Å². The second-order valence-electron chi connectivity index (χ2n) is 6.00. The number of carbonyl (C=O) groups excluding carboxylic acids is 1. The molecule has 0 aromatic heterocycles. The Morgan fingerprint density at radius 1 is 1.28 bits per heavy atom. The van der Waals surface area contributed by atoms with Crippen LogP contribution in [-0.2, 0) is 9.22 Å². The number of rotatable bonds is 6. The lowest BCUT2D eigenvalue weighted by atomic mass is 9.80. The van der Waals surface area contributed by atoms with Gasteiger partial charge in [-0.1, -0.05) is 44.2 Å². The molecular formula is C15H24O2Si. The molecule has 0 fully saturated rings. The van der Waals surface area contributed by atoms with Crippen LogP contribution in [-0.4, -0.2) is 14.6 Å². The number of benzene rings is 1. The normalized spacial score (nSPS) is 16.9. The molecule has 0 saturated heterocycles. The van der Waals surface area contributed by atoms with E-state index in [1.165, 1.54) is 0 Å². The highest BCUT2D eigenvalue weighted by Gasteiger charge is 2.37. The highest BCUT2D eigenvalue weighted by Crippen LogP contribution is 2.39. The molecule has 1 aromatic carbocycles. The lowest BCUT2D eigenvalue weighted by Gasteiger charge is -2.37. The Morgan fingerprint density at radius 2 is 1.83 bits per heavy atom. The van der Waals surface area contributed by atoms with E-state index in [1.54, 1.807) is 0 Å². The molecule has 0 bridgehead atoms. The van der Waals surface area contributed by atoms with Gasteiger partial charge in [-0.3, -0.25) is 0 Å². The average Bonchev–Trinajstić information content (AvgIpc) is 2.35. The van der Waals surface area contributed by atoms with Crippen LogP contribution in [0.15, 0.2) is 30.3 Å². The summed E-state index contributed by atoms with van der Waals surface area (Å²) in [5.41, 5.74) is 0.637. The van der Waals surface area contributed by atoms with Gasteiger partial charge >= 0.3 is 0 Å². The minimum absolute atomic E-state index is 0.145. The molecule has 0 aliphatic heterocycles. The van der Waals surface area contributed by atoms with Gasteiger partial charge in [0.15, 0.2) is 8.32 Å². The van der Waals surface area contributed by atoms with Crippen LogP contribution in [0.5, 0.6) is 0 Å². The summed E-state index contributed by atoms with van der Waals surface area (Å²) in [5.74, 6) is 0. The van der Waals surface area contributed by atoms with Gasteiger partial charge in [0.25, 0.3) is 0 Å². The van der Waals surface area contributed by atoms with Crippen molar-refractivity contribution in [1.29, 1.82) is 0 Å². The molecule has 0 N–H and O–H groups in total. The molecule has 1 rings (SSSR count). The van der Waals surface area contributed by atoms with Crippen LogP contribution < -0.4 is 0 Å². The summed E-state index contributed by atoms with van der Waals surface area (Å²) in [7, 11) is -1.70. The maximum Gasteiger partial charge on any atom is 0.184 e. The molecule has 0 radical (unpaired) electrons. The number of hydrogen-bond acceptors (Lipinski definition) is 2. The lowest BCUT2D eigenvalue weighted by molar-refractivity contribution is -0.121. The summed E-state index contributed by atoms with van der Waals surface area (Å²) in [6.45, 7) is 10.5. The summed E-state index contributed by atoms with van der Waals surface area (Å²) < 4.78 is 6.28.